The van der Waals surface area contributed by atoms with Gasteiger partial charge in [0.15, 0.2) is 0 Å². The van der Waals surface area contributed by atoms with Crippen LogP contribution in [0.5, 0.6) is 0 Å². The van der Waals surface area contributed by atoms with E-state index in [1.54, 1.807) is 0 Å². The number of hydrogen-bond acceptors (Lipinski definition) is 8. The number of alkyl halides is 2. The Bertz CT molecular complexity index is 3760. The molecule has 0 saturated heterocycles. The van der Waals surface area contributed by atoms with Gasteiger partial charge in [0.1, 0.15) is 6.29 Å². The number of hydrogen-bond donors (Lipinski definition) is 3. The molecule has 10 nitrogen and oxygen atoms in total. The molecule has 0 spiro atoms. The second kappa shape index (κ2) is 52.5. The summed E-state index contributed by atoms with van der Waals surface area (Å²) in [6.07, 6.45) is 43.1. The Kier molecular flexibility index (Phi) is 45.6. The Morgan fingerprint density at radius 3 is 1.14 bits per heavy atom. The average molecular weight is 1650 g/mol. The van der Waals surface area contributed by atoms with E-state index in [0.717, 1.165) is 93.1 Å². The normalized spacial score (nSPS) is 17.8. The van der Waals surface area contributed by atoms with Crippen LogP contribution in [0.2, 0.25) is 0 Å². The highest BCUT2D eigenvalue weighted by Crippen LogP contribution is 2.45. The van der Waals surface area contributed by atoms with Gasteiger partial charge in [0.25, 0.3) is 10.1 Å². The Morgan fingerprint density at radius 2 is 0.798 bits per heavy atom. The number of amidine groups is 1. The molecule has 0 unspecified atom stereocenters. The number of rotatable bonds is 19. The van der Waals surface area contributed by atoms with Gasteiger partial charge in [-0.3, -0.25) is 9.59 Å². The van der Waals surface area contributed by atoms with Gasteiger partial charge in [0.05, 0.1) is 60.1 Å². The average Bonchev–Trinajstić information content (AvgIpc) is 0.845. The van der Waals surface area contributed by atoms with Crippen molar-refractivity contribution in [2.75, 3.05) is 36.7 Å². The fourth-order valence-electron chi connectivity index (χ4n) is 16.8. The van der Waals surface area contributed by atoms with Crippen molar-refractivity contribution in [3.8, 4) is 12.1 Å². The summed E-state index contributed by atoms with van der Waals surface area (Å²) in [4.78, 5) is 14.9. The fraction of sp³-hybridized carbons (Fsp3) is 0.505. The number of unbranched alkanes of at least 4 members (excludes halogenated alkanes) is 2. The summed E-state index contributed by atoms with van der Waals surface area (Å²) in [6.45, 7) is 8.38. The van der Waals surface area contributed by atoms with Gasteiger partial charge in [-0.25, -0.2) is 6.57 Å². The number of aldehydes is 1. The van der Waals surface area contributed by atoms with E-state index in [2.05, 4.69) is 164 Å². The molecule has 6 aliphatic carbocycles. The van der Waals surface area contributed by atoms with E-state index in [9.17, 15) is 23.6 Å². The quantitative estimate of drug-likeness (QED) is 0.0136. The Labute approximate surface area is 681 Å². The number of nitrogens with one attached hydrogen (secondary N) is 1. The SMILES string of the molecule is BrCCCCCBr.C.CS(=O)(=O)OCC1(c2ccccc2)CCCCC1.Cl.N#CC1(c2ccccc2)CCCCC1.N#CCc1ccccc1.N=C(N)CC1(c2ccccc2)CCCCC1.O=CC1(c2ccccc2)CCCCC1.OCC1(c2ccccc2)CCCCC1.[C-]#[N+]CC1(c2ccccc2)CCCCC1. The summed E-state index contributed by atoms with van der Waals surface area (Å²) < 4.78 is 27.5. The lowest BCUT2D eigenvalue weighted by molar-refractivity contribution is -0.113. The first-order valence-electron chi connectivity index (χ1n) is 39.9. The van der Waals surface area contributed by atoms with Crippen molar-refractivity contribution in [2.24, 2.45) is 5.73 Å². The number of carbonyl (C=O) groups excluding carboxylic acids is 1. The number of aliphatic hydroxyl groups is 1. The molecule has 109 heavy (non-hydrogen) atoms. The van der Waals surface area contributed by atoms with E-state index in [1.165, 1.54) is 187 Å². The van der Waals surface area contributed by atoms with E-state index in [1.807, 2.05) is 97.1 Å². The topological polar surface area (TPSA) is 182 Å². The highest BCUT2D eigenvalue weighted by Gasteiger charge is 2.39. The van der Waals surface area contributed by atoms with Gasteiger partial charge in [0.2, 0.25) is 6.54 Å². The van der Waals surface area contributed by atoms with Crippen molar-refractivity contribution in [1.82, 2.24) is 0 Å². The fourth-order valence-corrected chi connectivity index (χ4v) is 18.1. The van der Waals surface area contributed by atoms with Crippen LogP contribution in [0.3, 0.4) is 0 Å². The van der Waals surface area contributed by atoms with Crippen LogP contribution in [0, 0.1) is 34.6 Å². The van der Waals surface area contributed by atoms with Crippen LogP contribution >= 0.6 is 44.3 Å². The first kappa shape index (κ1) is 94.6. The van der Waals surface area contributed by atoms with Crippen molar-refractivity contribution >= 4 is 66.5 Å². The van der Waals surface area contributed by atoms with E-state index in [0.29, 0.717) is 25.4 Å². The molecule has 7 aromatic rings. The molecule has 14 heteroatoms. The predicted octanol–water partition coefficient (Wildman–Crippen LogP) is 25.0. The van der Waals surface area contributed by atoms with Crippen LogP contribution in [0.15, 0.2) is 212 Å². The monoisotopic (exact) mass is 1640 g/mol. The molecule has 0 heterocycles. The minimum Gasteiger partial charge on any atom is -0.395 e. The minimum atomic E-state index is -3.37. The molecule has 0 bridgehead atoms. The van der Waals surface area contributed by atoms with E-state index < -0.39 is 10.1 Å². The number of carbonyl (C=O) groups is 1. The van der Waals surface area contributed by atoms with Crippen molar-refractivity contribution in [3.63, 3.8) is 0 Å². The zero-order valence-electron chi connectivity index (χ0n) is 64.6. The van der Waals surface area contributed by atoms with Gasteiger partial charge in [-0.1, -0.05) is 374 Å². The maximum Gasteiger partial charge on any atom is 0.264 e. The second-order valence-electron chi connectivity index (χ2n) is 30.6. The lowest BCUT2D eigenvalue weighted by atomic mass is 9.67. The molecular weight excluding hydrogens is 1520 g/mol. The van der Waals surface area contributed by atoms with Crippen molar-refractivity contribution < 1.29 is 22.5 Å². The summed E-state index contributed by atoms with van der Waals surface area (Å²) in [5, 5.41) is 37.1. The van der Waals surface area contributed by atoms with Crippen molar-refractivity contribution in [1.29, 1.82) is 15.9 Å². The first-order valence-corrected chi connectivity index (χ1v) is 44.0. The standard InChI is InChI=1S/C14H20N2.C14H17N.C14H20O3S.C13H15N.C13H18O.C13H16O.C8H7N.C5H10Br2.CH4.ClH/c15-13(16)11-14(9-5-2-6-10-14)12-7-3-1-4-8-12;1-15-12-14(10-6-3-7-11-14)13-8-4-2-5-9-13;1-18(15,16)17-12-14(10-6-3-7-11-14)13-8-4-2-5-9-13;3*14-11-13(9-5-2-6-10-13)12-7-3-1-4-8-12;9-7-6-8-4-2-1-3-5-8;6-4-2-1-3-5-7;;/h1,3-4,7-8H,2,5-6,9-11H2,(H3,15,16);2,4-5,8-9H,3,6-7,10-12H2;2,4-5,8-9H,3,6-7,10-12H2,1H3;1,3-4,7-8H,2,5-6,9-10H2;1,3-4,7-8,14H,2,5-6,9-11H2;1,3-4,7-8,11H,2,5-6,9-10H2;1-5H,6H2;1-5H2;1H4;1H. The molecule has 0 radical (unpaired) electrons. The molecule has 6 fully saturated rings. The van der Waals surface area contributed by atoms with Crippen LogP contribution in [-0.2, 0) is 58.0 Å². The number of nitrogens with zero attached hydrogens (tertiary/aromatic N) is 3. The van der Waals surface area contributed by atoms with E-state index >= 15 is 0 Å². The molecule has 6 aliphatic rings. The van der Waals surface area contributed by atoms with Gasteiger partial charge in [-0.15, -0.1) is 12.4 Å². The first-order chi connectivity index (χ1) is 52.1. The van der Waals surface area contributed by atoms with Crippen LogP contribution in [0.25, 0.3) is 4.85 Å². The number of halogens is 3. The molecule has 7 aromatic carbocycles. The minimum absolute atomic E-state index is 0. The molecule has 0 atom stereocenters. The lowest BCUT2D eigenvalue weighted by Gasteiger charge is -2.37. The Hall–Kier alpha value is -6.73. The van der Waals surface area contributed by atoms with Crippen LogP contribution in [0.4, 0.5) is 0 Å². The summed E-state index contributed by atoms with van der Waals surface area (Å²) in [6, 6.07) is 76.7. The van der Waals surface area contributed by atoms with Crippen molar-refractivity contribution in [3.05, 3.63) is 263 Å². The summed E-state index contributed by atoms with van der Waals surface area (Å²) in [5.41, 5.74) is 14.3. The second-order valence-corrected chi connectivity index (χ2v) is 33.8. The Morgan fingerprint density at radius 1 is 0.486 bits per heavy atom. The Balaban J connectivity index is 0.000000265. The van der Waals surface area contributed by atoms with Gasteiger partial charge in [-0.05, 0) is 129 Å². The van der Waals surface area contributed by atoms with E-state index in [-0.39, 0.29) is 58.9 Å². The van der Waals surface area contributed by atoms with Crippen LogP contribution < -0.4 is 5.73 Å². The predicted molar refractivity (Wildman–Crippen MR) is 466 cm³/mol. The molecule has 590 valence electrons. The summed E-state index contributed by atoms with van der Waals surface area (Å²) in [7, 11) is -3.37. The smallest absolute Gasteiger partial charge is 0.264 e. The number of aliphatic hydroxyl groups excluding tert-OH is 1. The van der Waals surface area contributed by atoms with Gasteiger partial charge < -0.3 is 20.5 Å². The number of nitriles is 2. The zero-order chi connectivity index (χ0) is 76.7. The van der Waals surface area contributed by atoms with Crippen LogP contribution in [-0.4, -0.2) is 62.3 Å². The molecule has 0 aliphatic heterocycles. The maximum atomic E-state index is 11.3. The largest absolute Gasteiger partial charge is 0.395 e. The number of nitrogens with two attached hydrogens (primary N) is 1. The highest BCUT2D eigenvalue weighted by atomic mass is 79.9. The third kappa shape index (κ3) is 31.8. The molecule has 0 aromatic heterocycles. The lowest BCUT2D eigenvalue weighted by Crippen LogP contribution is -2.35. The molecular formula is C95H128Br2ClN5O5S. The summed E-state index contributed by atoms with van der Waals surface area (Å²) >= 11 is 6.73. The molecule has 6 saturated carbocycles. The van der Waals surface area contributed by atoms with E-state index in [4.69, 9.17) is 27.2 Å². The van der Waals surface area contributed by atoms with Gasteiger partial charge in [0, 0.05) is 33.3 Å². The third-order valence-corrected chi connectivity index (χ3v) is 24.7. The molecule has 4 N–H and O–H groups in total. The number of benzene rings is 7. The molecule has 13 rings (SSSR count). The summed E-state index contributed by atoms with van der Waals surface area (Å²) in [5.74, 6) is 0.325. The van der Waals surface area contributed by atoms with Crippen molar-refractivity contribution in [2.45, 2.75) is 265 Å². The van der Waals surface area contributed by atoms with Gasteiger partial charge >= 0.3 is 0 Å². The third-order valence-electron chi connectivity index (χ3n) is 23.0. The zero-order valence-corrected chi connectivity index (χ0v) is 69.4. The maximum absolute atomic E-state index is 11.3. The van der Waals surface area contributed by atoms with Crippen LogP contribution in [0.1, 0.15) is 265 Å². The molecule has 0 amide bonds. The highest BCUT2D eigenvalue weighted by molar-refractivity contribution is 9.09. The van der Waals surface area contributed by atoms with Gasteiger partial charge in [-0.2, -0.15) is 18.9 Å².